The van der Waals surface area contributed by atoms with Crippen molar-refractivity contribution >= 4 is 0 Å². The summed E-state index contributed by atoms with van der Waals surface area (Å²) >= 11 is 0. The monoisotopic (exact) mass is 109 g/mol. The summed E-state index contributed by atoms with van der Waals surface area (Å²) in [5.41, 5.74) is 1.05. The average molecular weight is 109 g/mol. The molecular formula is C6H9N2. The van der Waals surface area contributed by atoms with Gasteiger partial charge in [-0.1, -0.05) is 0 Å². The summed E-state index contributed by atoms with van der Waals surface area (Å²) in [6.45, 7) is 3.69. The Morgan fingerprint density at radius 1 is 1.88 bits per heavy atom. The van der Waals surface area contributed by atoms with Crippen LogP contribution in [0.3, 0.4) is 0 Å². The molecule has 0 unspecified atom stereocenters. The number of aromatic nitrogens is 2. The van der Waals surface area contributed by atoms with Crippen molar-refractivity contribution in [1.82, 2.24) is 9.78 Å². The van der Waals surface area contributed by atoms with Crippen LogP contribution >= 0.6 is 0 Å². The summed E-state index contributed by atoms with van der Waals surface area (Å²) in [7, 11) is 1.90. The van der Waals surface area contributed by atoms with Crippen molar-refractivity contribution in [2.45, 2.75) is 6.42 Å². The number of aryl methyl sites for hydroxylation is 1. The highest BCUT2D eigenvalue weighted by Crippen LogP contribution is 1.92. The van der Waals surface area contributed by atoms with Crippen LogP contribution in [-0.2, 0) is 13.5 Å². The van der Waals surface area contributed by atoms with E-state index >= 15 is 0 Å². The van der Waals surface area contributed by atoms with E-state index in [9.17, 15) is 0 Å². The van der Waals surface area contributed by atoms with E-state index in [0.717, 1.165) is 12.1 Å². The molecule has 1 rings (SSSR count). The number of rotatable bonds is 1. The highest BCUT2D eigenvalue weighted by Gasteiger charge is 1.88. The molecule has 0 aliphatic rings. The molecular weight excluding hydrogens is 100 g/mol. The Labute approximate surface area is 49.1 Å². The first-order valence-corrected chi connectivity index (χ1v) is 2.60. The third-order valence-corrected chi connectivity index (χ3v) is 1.02. The van der Waals surface area contributed by atoms with Crippen molar-refractivity contribution < 1.29 is 0 Å². The predicted octanol–water partition coefficient (Wildman–Crippen LogP) is 0.797. The molecule has 1 aromatic heterocycles. The molecule has 8 heavy (non-hydrogen) atoms. The van der Waals surface area contributed by atoms with Gasteiger partial charge in [0.05, 0.1) is 5.69 Å². The lowest BCUT2D eigenvalue weighted by atomic mass is 10.4. The van der Waals surface area contributed by atoms with Crippen molar-refractivity contribution in [2.75, 3.05) is 0 Å². The molecule has 0 amide bonds. The fourth-order valence-corrected chi connectivity index (χ4v) is 0.597. The quantitative estimate of drug-likeness (QED) is 0.521. The molecule has 0 atom stereocenters. The minimum Gasteiger partial charge on any atom is -0.276 e. The van der Waals surface area contributed by atoms with Crippen molar-refractivity contribution in [3.63, 3.8) is 0 Å². The van der Waals surface area contributed by atoms with Crippen LogP contribution in [0.1, 0.15) is 5.69 Å². The summed E-state index contributed by atoms with van der Waals surface area (Å²) < 4.78 is 1.78. The lowest BCUT2D eigenvalue weighted by Crippen LogP contribution is -1.88. The van der Waals surface area contributed by atoms with E-state index in [0.29, 0.717) is 0 Å². The van der Waals surface area contributed by atoms with Crippen molar-refractivity contribution in [1.29, 1.82) is 0 Å². The van der Waals surface area contributed by atoms with Gasteiger partial charge < -0.3 is 0 Å². The molecule has 0 aromatic carbocycles. The molecule has 0 aliphatic carbocycles. The van der Waals surface area contributed by atoms with Crippen molar-refractivity contribution in [3.8, 4) is 0 Å². The summed E-state index contributed by atoms with van der Waals surface area (Å²) in [5.74, 6) is 0. The smallest absolute Gasteiger partial charge is 0.0624 e. The first kappa shape index (κ1) is 5.35. The van der Waals surface area contributed by atoms with Gasteiger partial charge in [-0.25, -0.2) is 0 Å². The second-order valence-electron chi connectivity index (χ2n) is 1.73. The van der Waals surface area contributed by atoms with Crippen LogP contribution in [-0.4, -0.2) is 9.78 Å². The van der Waals surface area contributed by atoms with E-state index in [2.05, 4.69) is 12.0 Å². The fourth-order valence-electron chi connectivity index (χ4n) is 0.597. The molecule has 1 radical (unpaired) electrons. The van der Waals surface area contributed by atoms with E-state index in [1.807, 2.05) is 19.3 Å². The van der Waals surface area contributed by atoms with E-state index in [1.54, 1.807) is 4.68 Å². The average Bonchev–Trinajstić information content (AvgIpc) is 2.14. The van der Waals surface area contributed by atoms with Crippen LogP contribution in [0.15, 0.2) is 12.3 Å². The van der Waals surface area contributed by atoms with Crippen LogP contribution in [0.2, 0.25) is 0 Å². The normalized spacial score (nSPS) is 9.75. The van der Waals surface area contributed by atoms with Gasteiger partial charge in [-0.05, 0) is 19.4 Å². The molecule has 2 nitrogen and oxygen atoms in total. The van der Waals surface area contributed by atoms with Gasteiger partial charge in [0, 0.05) is 13.2 Å². The molecule has 0 saturated heterocycles. The summed E-state index contributed by atoms with van der Waals surface area (Å²) in [4.78, 5) is 0. The minimum absolute atomic E-state index is 0.779. The Kier molecular flexibility index (Phi) is 1.33. The number of hydrogen-bond donors (Lipinski definition) is 0. The maximum Gasteiger partial charge on any atom is 0.0624 e. The minimum atomic E-state index is 0.779. The Morgan fingerprint density at radius 2 is 2.62 bits per heavy atom. The van der Waals surface area contributed by atoms with E-state index in [1.165, 1.54) is 0 Å². The zero-order valence-electron chi connectivity index (χ0n) is 4.96. The maximum atomic E-state index is 4.08. The van der Waals surface area contributed by atoms with Crippen molar-refractivity contribution in [2.24, 2.45) is 7.05 Å². The first-order valence-electron chi connectivity index (χ1n) is 2.60. The molecule has 1 heterocycles. The lowest BCUT2D eigenvalue weighted by molar-refractivity contribution is 0.750. The van der Waals surface area contributed by atoms with Crippen LogP contribution < -0.4 is 0 Å². The topological polar surface area (TPSA) is 17.8 Å². The molecule has 0 saturated carbocycles. The predicted molar refractivity (Wildman–Crippen MR) is 32.3 cm³/mol. The zero-order chi connectivity index (χ0) is 5.98. The SMILES string of the molecule is [CH2]Cc1ccn(C)n1. The largest absolute Gasteiger partial charge is 0.276 e. The Morgan fingerprint density at radius 3 is 2.88 bits per heavy atom. The lowest BCUT2D eigenvalue weighted by Gasteiger charge is -1.83. The molecule has 0 N–H and O–H groups in total. The van der Waals surface area contributed by atoms with Gasteiger partial charge in [-0.15, -0.1) is 0 Å². The highest BCUT2D eigenvalue weighted by atomic mass is 15.2. The number of nitrogens with zero attached hydrogens (tertiary/aromatic N) is 2. The van der Waals surface area contributed by atoms with Crippen LogP contribution in [0.5, 0.6) is 0 Å². The van der Waals surface area contributed by atoms with Gasteiger partial charge in [0.15, 0.2) is 0 Å². The van der Waals surface area contributed by atoms with Crippen molar-refractivity contribution in [3.05, 3.63) is 24.9 Å². The molecule has 0 aliphatic heterocycles. The second-order valence-corrected chi connectivity index (χ2v) is 1.73. The van der Waals surface area contributed by atoms with E-state index in [-0.39, 0.29) is 0 Å². The van der Waals surface area contributed by atoms with Gasteiger partial charge in [-0.2, -0.15) is 5.10 Å². The molecule has 1 aromatic rings. The third kappa shape index (κ3) is 0.886. The summed E-state index contributed by atoms with van der Waals surface area (Å²) in [6.07, 6.45) is 2.70. The van der Waals surface area contributed by atoms with Crippen LogP contribution in [0.25, 0.3) is 0 Å². The highest BCUT2D eigenvalue weighted by molar-refractivity contribution is 4.98. The van der Waals surface area contributed by atoms with E-state index in [4.69, 9.17) is 0 Å². The molecule has 2 heteroatoms. The summed E-state index contributed by atoms with van der Waals surface area (Å²) in [6, 6.07) is 1.97. The Bertz CT molecular complexity index is 167. The van der Waals surface area contributed by atoms with Gasteiger partial charge in [-0.3, -0.25) is 4.68 Å². The van der Waals surface area contributed by atoms with Crippen LogP contribution in [0.4, 0.5) is 0 Å². The Hall–Kier alpha value is -0.790. The third-order valence-electron chi connectivity index (χ3n) is 1.02. The standard InChI is InChI=1S/C6H9N2/c1-3-6-4-5-8(2)7-6/h4-5H,1,3H2,2H3. The molecule has 0 fully saturated rings. The van der Waals surface area contributed by atoms with Gasteiger partial charge in [0.1, 0.15) is 0 Å². The second kappa shape index (κ2) is 1.99. The molecule has 43 valence electrons. The zero-order valence-corrected chi connectivity index (χ0v) is 4.96. The molecule has 0 bridgehead atoms. The fraction of sp³-hybridized carbons (Fsp3) is 0.333. The number of hydrogen-bond acceptors (Lipinski definition) is 1. The Balaban J connectivity index is 2.84. The van der Waals surface area contributed by atoms with Crippen LogP contribution in [0, 0.1) is 6.92 Å². The molecule has 0 spiro atoms. The van der Waals surface area contributed by atoms with E-state index < -0.39 is 0 Å². The maximum absolute atomic E-state index is 4.08. The van der Waals surface area contributed by atoms with Gasteiger partial charge in [0.2, 0.25) is 0 Å². The van der Waals surface area contributed by atoms with Gasteiger partial charge >= 0.3 is 0 Å². The van der Waals surface area contributed by atoms with Gasteiger partial charge in [0.25, 0.3) is 0 Å². The first-order chi connectivity index (χ1) is 3.83. The summed E-state index contributed by atoms with van der Waals surface area (Å²) in [5, 5.41) is 4.08.